The van der Waals surface area contributed by atoms with Crippen molar-refractivity contribution < 1.29 is 55.6 Å². The fourth-order valence-corrected chi connectivity index (χ4v) is 5.76. The standard InChI is InChI=1S/C33H33ClFN5O11S/c1-45-21-7-9-23(34)27(17-21)51-30-31(36-20-37-32(30)48-15-16-49-33(42)38-25-6-4-3-5-24(25)35)39-52(43,44)22-8-10-26(46-2)28(18-22)50-19-29(41)40-11-13-47-14-12-40/h3-10,17-18,20H,11-16,19H2,1-2H3,(H,38,42)(H,36,37,39). The molecule has 3 aromatic carbocycles. The van der Waals surface area contributed by atoms with E-state index < -0.39 is 21.9 Å². The van der Waals surface area contributed by atoms with Crippen LogP contribution in [0.3, 0.4) is 0 Å². The second kappa shape index (κ2) is 17.6. The summed E-state index contributed by atoms with van der Waals surface area (Å²) < 4.78 is 82.0. The van der Waals surface area contributed by atoms with Crippen LogP contribution in [-0.2, 0) is 24.3 Å². The lowest BCUT2D eigenvalue weighted by Gasteiger charge is -2.26. The number of morpholine rings is 1. The molecule has 52 heavy (non-hydrogen) atoms. The van der Waals surface area contributed by atoms with Gasteiger partial charge in [0, 0.05) is 25.2 Å². The van der Waals surface area contributed by atoms with E-state index in [9.17, 15) is 22.4 Å². The maximum Gasteiger partial charge on any atom is 0.411 e. The van der Waals surface area contributed by atoms with Crippen LogP contribution >= 0.6 is 11.6 Å². The predicted octanol–water partition coefficient (Wildman–Crippen LogP) is 4.74. The molecule has 1 saturated heterocycles. The van der Waals surface area contributed by atoms with E-state index in [0.29, 0.717) is 32.1 Å². The number of amides is 2. The Morgan fingerprint density at radius 3 is 2.48 bits per heavy atom. The normalized spacial score (nSPS) is 12.7. The molecule has 1 aliphatic heterocycles. The highest BCUT2D eigenvalue weighted by Gasteiger charge is 2.25. The van der Waals surface area contributed by atoms with E-state index in [1.54, 1.807) is 11.0 Å². The number of benzene rings is 3. The van der Waals surface area contributed by atoms with Crippen molar-refractivity contribution in [3.05, 3.63) is 77.8 Å². The monoisotopic (exact) mass is 761 g/mol. The van der Waals surface area contributed by atoms with Crippen LogP contribution in [0.25, 0.3) is 0 Å². The molecule has 5 rings (SSSR count). The van der Waals surface area contributed by atoms with Gasteiger partial charge >= 0.3 is 6.09 Å². The molecule has 16 nitrogen and oxygen atoms in total. The smallest absolute Gasteiger partial charge is 0.411 e. The van der Waals surface area contributed by atoms with Crippen LogP contribution in [0.2, 0.25) is 5.02 Å². The topological polar surface area (TPSA) is 186 Å². The number of carbonyl (C=O) groups is 2. The quantitative estimate of drug-likeness (QED) is 0.158. The van der Waals surface area contributed by atoms with Gasteiger partial charge < -0.3 is 38.1 Å². The summed E-state index contributed by atoms with van der Waals surface area (Å²) >= 11 is 6.37. The summed E-state index contributed by atoms with van der Waals surface area (Å²) in [7, 11) is -1.63. The third kappa shape index (κ3) is 9.80. The second-order valence-electron chi connectivity index (χ2n) is 10.5. The molecule has 19 heteroatoms. The number of para-hydroxylation sites is 1. The molecule has 0 bridgehead atoms. The lowest BCUT2D eigenvalue weighted by atomic mass is 10.3. The van der Waals surface area contributed by atoms with Gasteiger partial charge in [0.25, 0.3) is 21.8 Å². The van der Waals surface area contributed by atoms with Gasteiger partial charge in [0.1, 0.15) is 36.9 Å². The highest BCUT2D eigenvalue weighted by atomic mass is 35.5. The fourth-order valence-electron chi connectivity index (χ4n) is 4.57. The van der Waals surface area contributed by atoms with Gasteiger partial charge in [-0.1, -0.05) is 23.7 Å². The number of hydrogen-bond donors (Lipinski definition) is 2. The number of aromatic nitrogens is 2. The largest absolute Gasteiger partial charge is 0.497 e. The number of rotatable bonds is 15. The van der Waals surface area contributed by atoms with E-state index in [4.69, 9.17) is 44.8 Å². The van der Waals surface area contributed by atoms with Gasteiger partial charge in [0.2, 0.25) is 5.75 Å². The number of ether oxygens (including phenoxy) is 7. The SMILES string of the molecule is COc1ccc(Cl)c(Oc2c(NS(=O)(=O)c3ccc(OC)c(OCC(=O)N4CCOCC4)c3)ncnc2OCCOC(=O)Nc2ccccc2F)c1. The number of anilines is 2. The van der Waals surface area contributed by atoms with Crippen LogP contribution < -0.4 is 33.7 Å². The molecular weight excluding hydrogens is 729 g/mol. The Bertz CT molecular complexity index is 2000. The number of nitrogens with zero attached hydrogens (tertiary/aromatic N) is 3. The molecule has 2 amide bonds. The van der Waals surface area contributed by atoms with Crippen LogP contribution in [0, 0.1) is 5.82 Å². The molecule has 1 fully saturated rings. The highest BCUT2D eigenvalue weighted by molar-refractivity contribution is 7.92. The molecule has 1 aromatic heterocycles. The van der Waals surface area contributed by atoms with E-state index in [1.807, 2.05) is 0 Å². The Morgan fingerprint density at radius 2 is 1.73 bits per heavy atom. The van der Waals surface area contributed by atoms with Gasteiger partial charge in [-0.15, -0.1) is 0 Å². The maximum absolute atomic E-state index is 13.9. The predicted molar refractivity (Wildman–Crippen MR) is 184 cm³/mol. The number of halogens is 2. The van der Waals surface area contributed by atoms with Gasteiger partial charge in [0.05, 0.1) is 43.0 Å². The molecule has 276 valence electrons. The van der Waals surface area contributed by atoms with Crippen molar-refractivity contribution >= 4 is 45.1 Å². The minimum absolute atomic E-state index is 0.00244. The second-order valence-corrected chi connectivity index (χ2v) is 12.6. The van der Waals surface area contributed by atoms with E-state index in [1.165, 1.54) is 68.8 Å². The van der Waals surface area contributed by atoms with Gasteiger partial charge in [-0.3, -0.25) is 14.8 Å². The molecule has 2 heterocycles. The van der Waals surface area contributed by atoms with Crippen molar-refractivity contribution in [2.75, 3.05) is 70.4 Å². The third-order valence-electron chi connectivity index (χ3n) is 7.18. The molecule has 1 aliphatic rings. The Balaban J connectivity index is 1.36. The van der Waals surface area contributed by atoms with Gasteiger partial charge in [-0.05, 0) is 36.4 Å². The van der Waals surface area contributed by atoms with Crippen molar-refractivity contribution in [2.45, 2.75) is 4.90 Å². The lowest BCUT2D eigenvalue weighted by Crippen LogP contribution is -2.43. The number of nitrogens with one attached hydrogen (secondary N) is 2. The number of carbonyl (C=O) groups excluding carboxylic acids is 2. The zero-order valence-electron chi connectivity index (χ0n) is 27.8. The first kappa shape index (κ1) is 37.7. The Kier molecular flexibility index (Phi) is 12.7. The van der Waals surface area contributed by atoms with E-state index in [-0.39, 0.29) is 76.0 Å². The van der Waals surface area contributed by atoms with E-state index in [0.717, 1.165) is 6.33 Å². The molecule has 2 N–H and O–H groups in total. The molecular formula is C33H33ClFN5O11S. The van der Waals surface area contributed by atoms with Crippen LogP contribution in [0.5, 0.6) is 34.6 Å². The summed E-state index contributed by atoms with van der Waals surface area (Å²) in [5, 5.41) is 2.40. The highest BCUT2D eigenvalue weighted by Crippen LogP contribution is 2.41. The minimum Gasteiger partial charge on any atom is -0.497 e. The fraction of sp³-hybridized carbons (Fsp3) is 0.273. The van der Waals surface area contributed by atoms with Crippen molar-refractivity contribution in [3.63, 3.8) is 0 Å². The van der Waals surface area contributed by atoms with Crippen molar-refractivity contribution in [3.8, 4) is 34.6 Å². The summed E-state index contributed by atoms with van der Waals surface area (Å²) in [4.78, 5) is 34.3. The zero-order chi connectivity index (χ0) is 37.1. The van der Waals surface area contributed by atoms with Crippen LogP contribution in [0.4, 0.5) is 20.7 Å². The molecule has 0 unspecified atom stereocenters. The average molecular weight is 762 g/mol. The Morgan fingerprint density at radius 1 is 0.942 bits per heavy atom. The van der Waals surface area contributed by atoms with Crippen LogP contribution in [0.1, 0.15) is 0 Å². The Hall–Kier alpha value is -5.59. The summed E-state index contributed by atoms with van der Waals surface area (Å²) in [5.41, 5.74) is -0.0796. The summed E-state index contributed by atoms with van der Waals surface area (Å²) in [6.45, 7) is 0.639. The Labute approximate surface area is 302 Å². The van der Waals surface area contributed by atoms with Crippen molar-refractivity contribution in [1.29, 1.82) is 0 Å². The van der Waals surface area contributed by atoms with Gasteiger partial charge in [-0.25, -0.2) is 22.6 Å². The molecule has 0 saturated carbocycles. The summed E-state index contributed by atoms with van der Waals surface area (Å²) in [5.74, 6) is -1.29. The molecule has 0 atom stereocenters. The molecule has 4 aromatic rings. The number of methoxy groups -OCH3 is 2. The van der Waals surface area contributed by atoms with Crippen molar-refractivity contribution in [1.82, 2.24) is 14.9 Å². The molecule has 0 aliphatic carbocycles. The number of sulfonamides is 1. The third-order valence-corrected chi connectivity index (χ3v) is 8.83. The zero-order valence-corrected chi connectivity index (χ0v) is 29.4. The molecule has 0 spiro atoms. The van der Waals surface area contributed by atoms with E-state index >= 15 is 0 Å². The average Bonchev–Trinajstić information content (AvgIpc) is 3.15. The minimum atomic E-state index is -4.43. The first-order chi connectivity index (χ1) is 25.1. The lowest BCUT2D eigenvalue weighted by molar-refractivity contribution is -0.137. The molecule has 0 radical (unpaired) electrons. The summed E-state index contributed by atoms with van der Waals surface area (Å²) in [6, 6.07) is 13.9. The maximum atomic E-state index is 13.9. The van der Waals surface area contributed by atoms with Gasteiger partial charge in [0.15, 0.2) is 23.9 Å². The summed E-state index contributed by atoms with van der Waals surface area (Å²) in [6.07, 6.45) is 0.0662. The first-order valence-electron chi connectivity index (χ1n) is 15.4. The van der Waals surface area contributed by atoms with E-state index in [2.05, 4.69) is 20.0 Å². The van der Waals surface area contributed by atoms with Crippen LogP contribution in [-0.4, -0.2) is 95.6 Å². The van der Waals surface area contributed by atoms with Crippen LogP contribution in [0.15, 0.2) is 71.9 Å². The first-order valence-corrected chi connectivity index (χ1v) is 17.3. The van der Waals surface area contributed by atoms with Crippen molar-refractivity contribution in [2.24, 2.45) is 0 Å². The number of hydrogen-bond acceptors (Lipinski definition) is 13. The van der Waals surface area contributed by atoms with Gasteiger partial charge in [-0.2, -0.15) is 4.98 Å².